The van der Waals surface area contributed by atoms with Gasteiger partial charge in [-0.15, -0.1) is 0 Å². The summed E-state index contributed by atoms with van der Waals surface area (Å²) >= 11 is 3.90. The SMILES string of the molecule is CN(Cc1nccn1CC(F)(F)F)C(=O)C12CC3CC(CC(Br)(C3)C1)C2. The monoisotopic (exact) mass is 433 g/mol. The lowest BCUT2D eigenvalue weighted by molar-refractivity contribution is -0.155. The predicted molar refractivity (Wildman–Crippen MR) is 93.5 cm³/mol. The van der Waals surface area contributed by atoms with Crippen molar-refractivity contribution in [1.82, 2.24) is 14.5 Å². The largest absolute Gasteiger partial charge is 0.406 e. The number of alkyl halides is 4. The number of carbonyl (C=O) groups is 1. The van der Waals surface area contributed by atoms with E-state index in [1.807, 2.05) is 0 Å². The van der Waals surface area contributed by atoms with E-state index >= 15 is 0 Å². The van der Waals surface area contributed by atoms with Gasteiger partial charge in [-0.3, -0.25) is 4.79 Å². The van der Waals surface area contributed by atoms with Gasteiger partial charge in [0.2, 0.25) is 5.91 Å². The molecule has 4 bridgehead atoms. The van der Waals surface area contributed by atoms with E-state index in [-0.39, 0.29) is 28.0 Å². The van der Waals surface area contributed by atoms with Gasteiger partial charge in [0, 0.05) is 23.8 Å². The number of nitrogens with zero attached hydrogens (tertiary/aromatic N) is 3. The molecule has 4 saturated carbocycles. The molecule has 0 saturated heterocycles. The Hall–Kier alpha value is -1.05. The molecular weight excluding hydrogens is 411 g/mol. The highest BCUT2D eigenvalue weighted by molar-refractivity contribution is 9.10. The molecule has 0 radical (unpaired) electrons. The Bertz CT molecular complexity index is 703. The fourth-order valence-corrected chi connectivity index (χ4v) is 7.37. The van der Waals surface area contributed by atoms with Gasteiger partial charge in [-0.05, 0) is 50.4 Å². The molecule has 4 aliphatic carbocycles. The molecule has 1 amide bonds. The van der Waals surface area contributed by atoms with Crippen molar-refractivity contribution >= 4 is 21.8 Å². The van der Waals surface area contributed by atoms with E-state index in [1.165, 1.54) is 18.8 Å². The molecule has 4 fully saturated rings. The summed E-state index contributed by atoms with van der Waals surface area (Å²) < 4.78 is 39.3. The Kier molecular flexibility index (Phi) is 4.21. The van der Waals surface area contributed by atoms with Crippen molar-refractivity contribution in [3.63, 3.8) is 0 Å². The Morgan fingerprint density at radius 1 is 1.35 bits per heavy atom. The molecule has 2 atom stereocenters. The van der Waals surface area contributed by atoms with E-state index in [9.17, 15) is 18.0 Å². The number of amides is 1. The molecule has 4 aliphatic rings. The zero-order valence-corrected chi connectivity index (χ0v) is 16.3. The number of imidazole rings is 1. The summed E-state index contributed by atoms with van der Waals surface area (Å²) in [5, 5.41) is 0. The minimum absolute atomic E-state index is 0.0667. The van der Waals surface area contributed by atoms with Crippen LogP contribution in [0.4, 0.5) is 13.2 Å². The van der Waals surface area contributed by atoms with Crippen molar-refractivity contribution in [2.75, 3.05) is 7.05 Å². The molecule has 8 heteroatoms. The molecule has 0 aromatic carbocycles. The van der Waals surface area contributed by atoms with Gasteiger partial charge < -0.3 is 9.47 Å². The number of hydrogen-bond acceptors (Lipinski definition) is 2. The van der Waals surface area contributed by atoms with Crippen molar-refractivity contribution < 1.29 is 18.0 Å². The van der Waals surface area contributed by atoms with Crippen LogP contribution >= 0.6 is 15.9 Å². The Balaban J connectivity index is 1.50. The van der Waals surface area contributed by atoms with Crippen LogP contribution in [0.25, 0.3) is 0 Å². The topological polar surface area (TPSA) is 38.1 Å². The van der Waals surface area contributed by atoms with Crippen molar-refractivity contribution in [1.29, 1.82) is 0 Å². The number of halogens is 4. The molecule has 5 rings (SSSR count). The maximum Gasteiger partial charge on any atom is 0.406 e. The fraction of sp³-hybridized carbons (Fsp3) is 0.778. The number of hydrogen-bond donors (Lipinski definition) is 0. The van der Waals surface area contributed by atoms with E-state index in [4.69, 9.17) is 0 Å². The van der Waals surface area contributed by atoms with Crippen molar-refractivity contribution in [2.24, 2.45) is 17.3 Å². The average molecular weight is 434 g/mol. The standard InChI is InChI=1S/C18H23BrF3N3O/c1-24(9-14-23-2-3-25(14)11-18(20,21)22)15(26)16-5-12-4-13(6-16)8-17(19,7-12)10-16/h2-3,12-13H,4-11H2,1H3. The van der Waals surface area contributed by atoms with Crippen molar-refractivity contribution in [3.8, 4) is 0 Å². The molecule has 1 aromatic heterocycles. The predicted octanol–water partition coefficient (Wildman–Crippen LogP) is 4.14. The van der Waals surface area contributed by atoms with E-state index in [0.29, 0.717) is 11.8 Å². The third-order valence-electron chi connectivity index (χ3n) is 6.32. The van der Waals surface area contributed by atoms with Gasteiger partial charge in [-0.25, -0.2) is 4.98 Å². The second-order valence-corrected chi connectivity index (χ2v) is 10.3. The van der Waals surface area contributed by atoms with Crippen molar-refractivity contribution in [3.05, 3.63) is 18.2 Å². The lowest BCUT2D eigenvalue weighted by atomic mass is 9.49. The molecule has 1 aromatic rings. The molecule has 4 nitrogen and oxygen atoms in total. The highest BCUT2D eigenvalue weighted by Crippen LogP contribution is 2.64. The first-order valence-electron chi connectivity index (χ1n) is 9.09. The first-order valence-corrected chi connectivity index (χ1v) is 9.88. The highest BCUT2D eigenvalue weighted by Gasteiger charge is 2.60. The normalized spacial score (nSPS) is 35.7. The van der Waals surface area contributed by atoms with Crippen LogP contribution in [0.15, 0.2) is 12.4 Å². The third kappa shape index (κ3) is 3.29. The zero-order chi connectivity index (χ0) is 18.7. The second-order valence-electron chi connectivity index (χ2n) is 8.64. The van der Waals surface area contributed by atoms with Gasteiger partial charge in [0.25, 0.3) is 0 Å². The van der Waals surface area contributed by atoms with Gasteiger partial charge >= 0.3 is 6.18 Å². The Morgan fingerprint density at radius 3 is 2.58 bits per heavy atom. The van der Waals surface area contributed by atoms with E-state index < -0.39 is 12.7 Å². The Labute approximate surface area is 159 Å². The maximum atomic E-state index is 13.3. The van der Waals surface area contributed by atoms with Crippen LogP contribution in [0.3, 0.4) is 0 Å². The summed E-state index contributed by atoms with van der Waals surface area (Å²) in [5.41, 5.74) is -0.357. The third-order valence-corrected chi connectivity index (χ3v) is 7.25. The summed E-state index contributed by atoms with van der Waals surface area (Å²) in [4.78, 5) is 18.9. The van der Waals surface area contributed by atoms with Gasteiger partial charge in [0.1, 0.15) is 12.4 Å². The van der Waals surface area contributed by atoms with E-state index in [0.717, 1.165) is 36.7 Å². The highest BCUT2D eigenvalue weighted by atomic mass is 79.9. The molecule has 144 valence electrons. The molecule has 1 heterocycles. The number of rotatable bonds is 4. The van der Waals surface area contributed by atoms with Crippen LogP contribution < -0.4 is 0 Å². The summed E-state index contributed by atoms with van der Waals surface area (Å²) in [6.45, 7) is -0.974. The van der Waals surface area contributed by atoms with E-state index in [1.54, 1.807) is 11.9 Å². The van der Waals surface area contributed by atoms with Crippen LogP contribution in [-0.4, -0.2) is 37.9 Å². The van der Waals surface area contributed by atoms with Crippen LogP contribution in [-0.2, 0) is 17.9 Å². The summed E-state index contributed by atoms with van der Waals surface area (Å²) in [6, 6.07) is 0. The lowest BCUT2D eigenvalue weighted by Gasteiger charge is -2.59. The van der Waals surface area contributed by atoms with Gasteiger partial charge in [-0.2, -0.15) is 13.2 Å². The van der Waals surface area contributed by atoms with Crippen LogP contribution in [0.1, 0.15) is 44.3 Å². The Morgan fingerprint density at radius 2 is 2.00 bits per heavy atom. The smallest absolute Gasteiger partial charge is 0.338 e. The zero-order valence-electron chi connectivity index (χ0n) is 14.7. The molecular formula is C18H23BrF3N3O. The average Bonchev–Trinajstić information content (AvgIpc) is 2.88. The summed E-state index contributed by atoms with van der Waals surface area (Å²) in [7, 11) is 1.69. The molecule has 0 spiro atoms. The fourth-order valence-electron chi connectivity index (χ4n) is 5.92. The molecule has 26 heavy (non-hydrogen) atoms. The summed E-state index contributed by atoms with van der Waals surface area (Å²) in [5.74, 6) is 1.51. The minimum Gasteiger partial charge on any atom is -0.338 e. The van der Waals surface area contributed by atoms with Crippen LogP contribution in [0.5, 0.6) is 0 Å². The van der Waals surface area contributed by atoms with Gasteiger partial charge in [-0.1, -0.05) is 15.9 Å². The molecule has 2 unspecified atom stereocenters. The van der Waals surface area contributed by atoms with Crippen LogP contribution in [0, 0.1) is 17.3 Å². The summed E-state index contributed by atoms with van der Waals surface area (Å²) in [6.07, 6.45) is 4.52. The lowest BCUT2D eigenvalue weighted by Crippen LogP contribution is -2.58. The van der Waals surface area contributed by atoms with Crippen molar-refractivity contribution in [2.45, 2.75) is 62.1 Å². The second kappa shape index (κ2) is 5.97. The molecule has 0 N–H and O–H groups in total. The van der Waals surface area contributed by atoms with Crippen LogP contribution in [0.2, 0.25) is 0 Å². The maximum absolute atomic E-state index is 13.3. The first kappa shape index (κ1) is 18.3. The molecule has 0 aliphatic heterocycles. The minimum atomic E-state index is -4.31. The number of carbonyl (C=O) groups excluding carboxylic acids is 1. The quantitative estimate of drug-likeness (QED) is 0.669. The number of aromatic nitrogens is 2. The first-order chi connectivity index (χ1) is 12.1. The van der Waals surface area contributed by atoms with Gasteiger partial charge in [0.05, 0.1) is 12.0 Å². The van der Waals surface area contributed by atoms with E-state index in [2.05, 4.69) is 20.9 Å². The van der Waals surface area contributed by atoms with Gasteiger partial charge in [0.15, 0.2) is 0 Å².